The minimum Gasteiger partial charge on any atom is -0.351 e. The van der Waals surface area contributed by atoms with Gasteiger partial charge in [-0.15, -0.1) is 0 Å². The number of amides is 1. The number of nitrogens with zero attached hydrogens (tertiary/aromatic N) is 2. The Kier molecular flexibility index (Phi) is 8.12. The maximum atomic E-state index is 13.5. The van der Waals surface area contributed by atoms with Gasteiger partial charge in [-0.05, 0) is 41.3 Å². The molecule has 0 unspecified atom stereocenters. The van der Waals surface area contributed by atoms with E-state index in [9.17, 15) is 13.6 Å². The van der Waals surface area contributed by atoms with Crippen molar-refractivity contribution in [3.63, 3.8) is 0 Å². The van der Waals surface area contributed by atoms with Gasteiger partial charge in [-0.3, -0.25) is 14.7 Å². The summed E-state index contributed by atoms with van der Waals surface area (Å²) in [6, 6.07) is 17.5. The SMILES string of the molecule is O=C(NCc1cccnc1)[C@@H]1C[C@H](NCc2ccc(F)c(F)c2)CN1C/C=C/c1ccccc1. The van der Waals surface area contributed by atoms with Gasteiger partial charge in [0.25, 0.3) is 0 Å². The highest BCUT2D eigenvalue weighted by molar-refractivity contribution is 5.82. The van der Waals surface area contributed by atoms with E-state index in [-0.39, 0.29) is 18.0 Å². The molecule has 5 nitrogen and oxygen atoms in total. The highest BCUT2D eigenvalue weighted by Crippen LogP contribution is 2.20. The highest BCUT2D eigenvalue weighted by Gasteiger charge is 2.35. The predicted molar refractivity (Wildman–Crippen MR) is 129 cm³/mol. The molecule has 2 heterocycles. The second-order valence-corrected chi connectivity index (χ2v) is 8.42. The van der Waals surface area contributed by atoms with Crippen molar-refractivity contribution in [1.82, 2.24) is 20.5 Å². The number of likely N-dealkylation sites (tertiary alicyclic amines) is 1. The number of pyridine rings is 1. The molecule has 1 aliphatic rings. The summed E-state index contributed by atoms with van der Waals surface area (Å²) in [6.45, 7) is 2.13. The molecule has 0 aliphatic carbocycles. The average Bonchev–Trinajstić information content (AvgIpc) is 3.28. The number of hydrogen-bond donors (Lipinski definition) is 2. The third-order valence-electron chi connectivity index (χ3n) is 5.92. The van der Waals surface area contributed by atoms with Gasteiger partial charge in [0.15, 0.2) is 11.6 Å². The van der Waals surface area contributed by atoms with Gasteiger partial charge in [0.05, 0.1) is 6.04 Å². The van der Waals surface area contributed by atoms with Crippen molar-refractivity contribution in [1.29, 1.82) is 0 Å². The normalized spacial score (nSPS) is 18.4. The van der Waals surface area contributed by atoms with Crippen LogP contribution in [0.3, 0.4) is 0 Å². The maximum Gasteiger partial charge on any atom is 0.237 e. The van der Waals surface area contributed by atoms with Crippen LogP contribution >= 0.6 is 0 Å². The topological polar surface area (TPSA) is 57.3 Å². The zero-order valence-corrected chi connectivity index (χ0v) is 18.8. The second kappa shape index (κ2) is 11.6. The van der Waals surface area contributed by atoms with E-state index in [0.717, 1.165) is 17.2 Å². The molecular formula is C27H28F2N4O. The molecule has 2 aromatic carbocycles. The van der Waals surface area contributed by atoms with Crippen LogP contribution < -0.4 is 10.6 Å². The summed E-state index contributed by atoms with van der Waals surface area (Å²) >= 11 is 0. The Hall–Kier alpha value is -3.42. The number of aromatic nitrogens is 1. The van der Waals surface area contributed by atoms with Gasteiger partial charge in [0, 0.05) is 44.6 Å². The zero-order valence-electron chi connectivity index (χ0n) is 18.8. The van der Waals surface area contributed by atoms with Crippen LogP contribution in [-0.4, -0.2) is 41.0 Å². The van der Waals surface area contributed by atoms with E-state index in [4.69, 9.17) is 0 Å². The first-order valence-corrected chi connectivity index (χ1v) is 11.4. The zero-order chi connectivity index (χ0) is 23.8. The molecule has 1 fully saturated rings. The van der Waals surface area contributed by atoms with E-state index in [0.29, 0.717) is 38.2 Å². The minimum atomic E-state index is -0.856. The van der Waals surface area contributed by atoms with Crippen molar-refractivity contribution in [2.45, 2.75) is 31.6 Å². The lowest BCUT2D eigenvalue weighted by atomic mass is 10.1. The Morgan fingerprint density at radius 1 is 1.03 bits per heavy atom. The molecule has 1 aromatic heterocycles. The Balaban J connectivity index is 1.39. The van der Waals surface area contributed by atoms with Crippen LogP contribution in [-0.2, 0) is 17.9 Å². The van der Waals surface area contributed by atoms with Gasteiger partial charge >= 0.3 is 0 Å². The Morgan fingerprint density at radius 2 is 1.88 bits per heavy atom. The van der Waals surface area contributed by atoms with Crippen molar-refractivity contribution < 1.29 is 13.6 Å². The fraction of sp³-hybridized carbons (Fsp3) is 0.259. The number of hydrogen-bond acceptors (Lipinski definition) is 4. The van der Waals surface area contributed by atoms with Gasteiger partial charge in [0.1, 0.15) is 0 Å². The fourth-order valence-electron chi connectivity index (χ4n) is 4.14. The third kappa shape index (κ3) is 6.56. The molecule has 1 aliphatic heterocycles. The van der Waals surface area contributed by atoms with E-state index in [1.807, 2.05) is 48.5 Å². The summed E-state index contributed by atoms with van der Waals surface area (Å²) in [6.07, 6.45) is 8.18. The van der Waals surface area contributed by atoms with Crippen LogP contribution in [0.4, 0.5) is 8.78 Å². The first kappa shape index (κ1) is 23.7. The summed E-state index contributed by atoms with van der Waals surface area (Å²) in [7, 11) is 0. The maximum absolute atomic E-state index is 13.5. The minimum absolute atomic E-state index is 0.0332. The van der Waals surface area contributed by atoms with Crippen LogP contribution in [0, 0.1) is 11.6 Å². The molecule has 3 aromatic rings. The molecule has 7 heteroatoms. The van der Waals surface area contributed by atoms with Gasteiger partial charge in [-0.25, -0.2) is 8.78 Å². The number of nitrogens with one attached hydrogen (secondary N) is 2. The van der Waals surface area contributed by atoms with Crippen LogP contribution in [0.25, 0.3) is 6.08 Å². The van der Waals surface area contributed by atoms with Crippen molar-refractivity contribution in [2.75, 3.05) is 13.1 Å². The van der Waals surface area contributed by atoms with Crippen LogP contribution in [0.1, 0.15) is 23.1 Å². The molecule has 34 heavy (non-hydrogen) atoms. The van der Waals surface area contributed by atoms with Crippen molar-refractivity contribution in [2.24, 2.45) is 0 Å². The lowest BCUT2D eigenvalue weighted by Crippen LogP contribution is -2.43. The summed E-state index contributed by atoms with van der Waals surface area (Å²) < 4.78 is 26.7. The lowest BCUT2D eigenvalue weighted by molar-refractivity contribution is -0.125. The quantitative estimate of drug-likeness (QED) is 0.506. The number of halogens is 2. The monoisotopic (exact) mass is 462 g/mol. The van der Waals surface area contributed by atoms with E-state index in [2.05, 4.69) is 26.6 Å². The van der Waals surface area contributed by atoms with E-state index in [1.165, 1.54) is 6.07 Å². The molecule has 1 amide bonds. The highest BCUT2D eigenvalue weighted by atomic mass is 19.2. The third-order valence-corrected chi connectivity index (χ3v) is 5.92. The van der Waals surface area contributed by atoms with Crippen molar-refractivity contribution >= 4 is 12.0 Å². The fourth-order valence-corrected chi connectivity index (χ4v) is 4.14. The summed E-state index contributed by atoms with van der Waals surface area (Å²) in [5.74, 6) is -1.74. The van der Waals surface area contributed by atoms with E-state index >= 15 is 0 Å². The molecule has 0 radical (unpaired) electrons. The van der Waals surface area contributed by atoms with Crippen LogP contribution in [0.15, 0.2) is 79.1 Å². The number of rotatable bonds is 9. The average molecular weight is 463 g/mol. The molecule has 4 rings (SSSR count). The summed E-state index contributed by atoms with van der Waals surface area (Å²) in [4.78, 5) is 19.3. The molecule has 2 atom stereocenters. The molecule has 0 spiro atoms. The first-order valence-electron chi connectivity index (χ1n) is 11.4. The predicted octanol–water partition coefficient (Wildman–Crippen LogP) is 3.92. The first-order chi connectivity index (χ1) is 16.6. The van der Waals surface area contributed by atoms with Crippen LogP contribution in [0.2, 0.25) is 0 Å². The van der Waals surface area contributed by atoms with Gasteiger partial charge in [-0.2, -0.15) is 0 Å². The van der Waals surface area contributed by atoms with Gasteiger partial charge in [-0.1, -0.05) is 54.6 Å². The van der Waals surface area contributed by atoms with Gasteiger partial charge < -0.3 is 10.6 Å². The molecule has 176 valence electrons. The number of carbonyl (C=O) groups excluding carboxylic acids is 1. The number of carbonyl (C=O) groups is 1. The van der Waals surface area contributed by atoms with Gasteiger partial charge in [0.2, 0.25) is 5.91 Å². The van der Waals surface area contributed by atoms with Crippen molar-refractivity contribution in [3.05, 3.63) is 107 Å². The molecule has 1 saturated heterocycles. The Morgan fingerprint density at radius 3 is 2.65 bits per heavy atom. The van der Waals surface area contributed by atoms with E-state index in [1.54, 1.807) is 18.5 Å². The number of benzene rings is 2. The molecular weight excluding hydrogens is 434 g/mol. The Bertz CT molecular complexity index is 1110. The lowest BCUT2D eigenvalue weighted by Gasteiger charge is -2.22. The smallest absolute Gasteiger partial charge is 0.237 e. The van der Waals surface area contributed by atoms with Crippen molar-refractivity contribution in [3.8, 4) is 0 Å². The standard InChI is InChI=1S/C27H28F2N4O/c28-24-11-10-21(14-25(24)29)17-31-23-15-26(27(34)32-18-22-8-4-12-30-16-22)33(19-23)13-5-9-20-6-2-1-3-7-20/h1-12,14,16,23,26,31H,13,15,17-19H2,(H,32,34)/b9-5+/t23-,26-/m0/s1. The molecule has 2 N–H and O–H groups in total. The largest absolute Gasteiger partial charge is 0.351 e. The second-order valence-electron chi connectivity index (χ2n) is 8.42. The summed E-state index contributed by atoms with van der Waals surface area (Å²) in [5.41, 5.74) is 2.71. The molecule has 0 bridgehead atoms. The molecule has 0 saturated carbocycles. The van der Waals surface area contributed by atoms with E-state index < -0.39 is 11.6 Å². The summed E-state index contributed by atoms with van der Waals surface area (Å²) in [5, 5.41) is 6.42. The van der Waals surface area contributed by atoms with Crippen LogP contribution in [0.5, 0.6) is 0 Å². The Labute approximate surface area is 198 Å².